The molecule has 1 aromatic carbocycles. The fourth-order valence-electron chi connectivity index (χ4n) is 2.12. The molecule has 1 N–H and O–H groups in total. The summed E-state index contributed by atoms with van der Waals surface area (Å²) >= 11 is 0. The van der Waals surface area contributed by atoms with Gasteiger partial charge in [-0.3, -0.25) is 0 Å². The van der Waals surface area contributed by atoms with Crippen LogP contribution in [0.4, 0.5) is 8.78 Å². The summed E-state index contributed by atoms with van der Waals surface area (Å²) in [6.07, 6.45) is 0. The molecule has 0 aromatic heterocycles. The monoisotopic (exact) mass is 257 g/mol. The molecule has 0 saturated carbocycles. The van der Waals surface area contributed by atoms with Gasteiger partial charge in [-0.2, -0.15) is 0 Å². The number of rotatable bonds is 6. The van der Waals surface area contributed by atoms with Crippen molar-refractivity contribution in [2.75, 3.05) is 13.2 Å². The van der Waals surface area contributed by atoms with Crippen molar-refractivity contribution in [2.24, 2.45) is 0 Å². The van der Waals surface area contributed by atoms with Gasteiger partial charge in [0.15, 0.2) is 11.6 Å². The second kappa shape index (κ2) is 6.25. The third kappa shape index (κ3) is 3.50. The van der Waals surface area contributed by atoms with Gasteiger partial charge in [0.05, 0.1) is 11.6 Å². The van der Waals surface area contributed by atoms with E-state index >= 15 is 0 Å². The maximum absolute atomic E-state index is 13.3. The average Bonchev–Trinajstić information content (AvgIpc) is 2.29. The molecule has 1 rings (SSSR count). The Morgan fingerprint density at radius 2 is 1.89 bits per heavy atom. The first kappa shape index (κ1) is 15.1. The zero-order valence-electron chi connectivity index (χ0n) is 11.4. The van der Waals surface area contributed by atoms with Crippen LogP contribution in [-0.2, 0) is 4.74 Å². The summed E-state index contributed by atoms with van der Waals surface area (Å²) in [4.78, 5) is 0. The molecular weight excluding hydrogens is 236 g/mol. The first-order valence-corrected chi connectivity index (χ1v) is 6.24. The van der Waals surface area contributed by atoms with E-state index in [4.69, 9.17) is 4.74 Å². The van der Waals surface area contributed by atoms with Gasteiger partial charge in [-0.15, -0.1) is 0 Å². The quantitative estimate of drug-likeness (QED) is 0.843. The smallest absolute Gasteiger partial charge is 0.159 e. The standard InChI is InChI=1S/C14H21F2NO/c1-5-17-13(14(3,4)18-6-2)10-7-8-11(15)12(16)9-10/h7-9,13,17H,5-6H2,1-4H3. The summed E-state index contributed by atoms with van der Waals surface area (Å²) in [6, 6.07) is 3.78. The Balaban J connectivity index is 3.07. The fraction of sp³-hybridized carbons (Fsp3) is 0.571. The highest BCUT2D eigenvalue weighted by Crippen LogP contribution is 2.29. The number of ether oxygens (including phenoxy) is 1. The minimum Gasteiger partial charge on any atom is -0.374 e. The molecule has 1 aromatic rings. The van der Waals surface area contributed by atoms with Crippen LogP contribution in [0.3, 0.4) is 0 Å². The van der Waals surface area contributed by atoms with Crippen molar-refractivity contribution in [3.63, 3.8) is 0 Å². The van der Waals surface area contributed by atoms with Gasteiger partial charge in [-0.05, 0) is 45.0 Å². The van der Waals surface area contributed by atoms with Gasteiger partial charge in [0.1, 0.15) is 0 Å². The van der Waals surface area contributed by atoms with Crippen molar-refractivity contribution >= 4 is 0 Å². The minimum absolute atomic E-state index is 0.183. The van der Waals surface area contributed by atoms with Crippen LogP contribution in [0, 0.1) is 11.6 Å². The van der Waals surface area contributed by atoms with Gasteiger partial charge in [-0.25, -0.2) is 8.78 Å². The van der Waals surface area contributed by atoms with Crippen LogP contribution in [0.15, 0.2) is 18.2 Å². The number of hydrogen-bond donors (Lipinski definition) is 1. The van der Waals surface area contributed by atoms with E-state index in [1.807, 2.05) is 27.7 Å². The van der Waals surface area contributed by atoms with E-state index in [-0.39, 0.29) is 6.04 Å². The first-order chi connectivity index (χ1) is 8.42. The molecule has 0 heterocycles. The molecule has 4 heteroatoms. The van der Waals surface area contributed by atoms with Crippen LogP contribution in [-0.4, -0.2) is 18.8 Å². The molecular formula is C14H21F2NO. The molecule has 102 valence electrons. The van der Waals surface area contributed by atoms with Gasteiger partial charge >= 0.3 is 0 Å². The number of nitrogens with one attached hydrogen (secondary N) is 1. The molecule has 0 aliphatic rings. The molecule has 1 atom stereocenters. The lowest BCUT2D eigenvalue weighted by atomic mass is 9.91. The third-order valence-corrected chi connectivity index (χ3v) is 2.90. The van der Waals surface area contributed by atoms with Crippen LogP contribution >= 0.6 is 0 Å². The van der Waals surface area contributed by atoms with E-state index in [0.29, 0.717) is 12.2 Å². The molecule has 18 heavy (non-hydrogen) atoms. The Morgan fingerprint density at radius 3 is 2.39 bits per heavy atom. The number of halogens is 2. The van der Waals surface area contributed by atoms with Crippen LogP contribution < -0.4 is 5.32 Å². The summed E-state index contributed by atoms with van der Waals surface area (Å²) < 4.78 is 32.0. The van der Waals surface area contributed by atoms with E-state index in [1.165, 1.54) is 6.07 Å². The van der Waals surface area contributed by atoms with Gasteiger partial charge in [0.25, 0.3) is 0 Å². The largest absolute Gasteiger partial charge is 0.374 e. The normalized spacial score (nSPS) is 13.7. The van der Waals surface area contributed by atoms with Gasteiger partial charge in [-0.1, -0.05) is 13.0 Å². The van der Waals surface area contributed by atoms with E-state index in [0.717, 1.165) is 12.6 Å². The minimum atomic E-state index is -0.831. The lowest BCUT2D eigenvalue weighted by Gasteiger charge is -2.35. The molecule has 2 nitrogen and oxygen atoms in total. The lowest BCUT2D eigenvalue weighted by molar-refractivity contribution is -0.0389. The maximum Gasteiger partial charge on any atom is 0.159 e. The molecule has 0 bridgehead atoms. The van der Waals surface area contributed by atoms with E-state index in [1.54, 1.807) is 6.07 Å². The first-order valence-electron chi connectivity index (χ1n) is 6.24. The molecule has 0 saturated heterocycles. The second-order valence-electron chi connectivity index (χ2n) is 4.70. The van der Waals surface area contributed by atoms with Crippen molar-refractivity contribution < 1.29 is 13.5 Å². The summed E-state index contributed by atoms with van der Waals surface area (Å²) in [5.41, 5.74) is 0.198. The molecule has 0 radical (unpaired) electrons. The van der Waals surface area contributed by atoms with E-state index in [2.05, 4.69) is 5.32 Å². The molecule has 0 aliphatic heterocycles. The third-order valence-electron chi connectivity index (χ3n) is 2.90. The Morgan fingerprint density at radius 1 is 1.22 bits per heavy atom. The molecule has 0 spiro atoms. The molecule has 0 aliphatic carbocycles. The van der Waals surface area contributed by atoms with Crippen molar-refractivity contribution in [2.45, 2.75) is 39.3 Å². The fourth-order valence-corrected chi connectivity index (χ4v) is 2.12. The Hall–Kier alpha value is -1.00. The van der Waals surface area contributed by atoms with E-state index < -0.39 is 17.2 Å². The van der Waals surface area contributed by atoms with Crippen LogP contribution in [0.1, 0.15) is 39.3 Å². The average molecular weight is 257 g/mol. The van der Waals surface area contributed by atoms with Crippen molar-refractivity contribution in [1.29, 1.82) is 0 Å². The highest BCUT2D eigenvalue weighted by Gasteiger charge is 2.31. The topological polar surface area (TPSA) is 21.3 Å². The Kier molecular flexibility index (Phi) is 5.23. The molecule has 1 unspecified atom stereocenters. The summed E-state index contributed by atoms with van der Waals surface area (Å²) in [5.74, 6) is -1.66. The van der Waals surface area contributed by atoms with Crippen molar-refractivity contribution in [3.8, 4) is 0 Å². The zero-order chi connectivity index (χ0) is 13.8. The highest BCUT2D eigenvalue weighted by molar-refractivity contribution is 5.23. The molecule has 0 amide bonds. The number of benzene rings is 1. The lowest BCUT2D eigenvalue weighted by Crippen LogP contribution is -2.41. The van der Waals surface area contributed by atoms with E-state index in [9.17, 15) is 8.78 Å². The SMILES string of the molecule is CCNC(c1ccc(F)c(F)c1)C(C)(C)OCC. The Labute approximate surface area is 107 Å². The zero-order valence-corrected chi connectivity index (χ0v) is 11.4. The maximum atomic E-state index is 13.3. The number of likely N-dealkylation sites (N-methyl/N-ethyl adjacent to an activating group) is 1. The molecule has 0 fully saturated rings. The van der Waals surface area contributed by atoms with Crippen LogP contribution in [0.25, 0.3) is 0 Å². The number of hydrogen-bond acceptors (Lipinski definition) is 2. The summed E-state index contributed by atoms with van der Waals surface area (Å²) in [7, 11) is 0. The van der Waals surface area contributed by atoms with Gasteiger partial charge in [0.2, 0.25) is 0 Å². The van der Waals surface area contributed by atoms with Crippen LogP contribution in [0.2, 0.25) is 0 Å². The summed E-state index contributed by atoms with van der Waals surface area (Å²) in [5, 5.41) is 3.26. The van der Waals surface area contributed by atoms with Crippen LogP contribution in [0.5, 0.6) is 0 Å². The highest BCUT2D eigenvalue weighted by atomic mass is 19.2. The predicted molar refractivity (Wildman–Crippen MR) is 68.5 cm³/mol. The van der Waals surface area contributed by atoms with Gasteiger partial charge < -0.3 is 10.1 Å². The predicted octanol–water partition coefficient (Wildman–Crippen LogP) is 3.43. The summed E-state index contributed by atoms with van der Waals surface area (Å²) in [6.45, 7) is 9.04. The van der Waals surface area contributed by atoms with Gasteiger partial charge in [0, 0.05) is 6.61 Å². The second-order valence-corrected chi connectivity index (χ2v) is 4.70. The Bertz CT molecular complexity index is 393. The van der Waals surface area contributed by atoms with Crippen molar-refractivity contribution in [3.05, 3.63) is 35.4 Å². The van der Waals surface area contributed by atoms with Crippen molar-refractivity contribution in [1.82, 2.24) is 5.32 Å².